The average Bonchev–Trinajstić information content (AvgIpc) is 3.47. The van der Waals surface area contributed by atoms with Crippen LogP contribution in [0.1, 0.15) is 23.1 Å². The molecule has 1 amide bonds. The smallest absolute Gasteiger partial charge is 0.244 e. The highest BCUT2D eigenvalue weighted by molar-refractivity contribution is 6.30. The third kappa shape index (κ3) is 4.00. The summed E-state index contributed by atoms with van der Waals surface area (Å²) in [5.41, 5.74) is 5.06. The van der Waals surface area contributed by atoms with Crippen molar-refractivity contribution in [2.75, 3.05) is 0 Å². The van der Waals surface area contributed by atoms with Gasteiger partial charge in [-0.05, 0) is 71.6 Å². The topological polar surface area (TPSA) is 61.7 Å². The molecular formula is C23H18Cl2N2O2. The van der Waals surface area contributed by atoms with Crippen LogP contribution in [0.2, 0.25) is 10.0 Å². The van der Waals surface area contributed by atoms with Crippen LogP contribution < -0.4 is 5.43 Å². The molecule has 0 bridgehead atoms. The number of carbonyl (C=O) groups is 1. The third-order valence-corrected chi connectivity index (χ3v) is 5.78. The number of nitrogens with one attached hydrogen (secondary N) is 1. The molecule has 3 aromatic rings. The molecular weight excluding hydrogens is 407 g/mol. The zero-order chi connectivity index (χ0) is 20.4. The molecule has 1 fully saturated rings. The number of hydrazone groups is 1. The Morgan fingerprint density at radius 3 is 1.97 bits per heavy atom. The first kappa shape index (κ1) is 19.5. The van der Waals surface area contributed by atoms with Crippen LogP contribution in [0.4, 0.5) is 0 Å². The number of carbonyl (C=O) groups excluding carboxylic acids is 1. The maximum Gasteiger partial charge on any atom is 0.244 e. The number of phenols is 1. The number of nitrogens with zero attached hydrogens (tertiary/aromatic N) is 1. The van der Waals surface area contributed by atoms with E-state index in [1.54, 1.807) is 30.5 Å². The largest absolute Gasteiger partial charge is 0.508 e. The lowest BCUT2D eigenvalue weighted by molar-refractivity contribution is -0.122. The highest BCUT2D eigenvalue weighted by Crippen LogP contribution is 2.59. The van der Waals surface area contributed by atoms with Gasteiger partial charge in [-0.25, -0.2) is 5.43 Å². The lowest BCUT2D eigenvalue weighted by Crippen LogP contribution is -2.25. The van der Waals surface area contributed by atoms with E-state index >= 15 is 0 Å². The van der Waals surface area contributed by atoms with E-state index in [2.05, 4.69) is 10.5 Å². The summed E-state index contributed by atoms with van der Waals surface area (Å²) in [5, 5.41) is 14.7. The summed E-state index contributed by atoms with van der Waals surface area (Å²) in [6, 6.07) is 21.8. The summed E-state index contributed by atoms with van der Waals surface area (Å²) in [4.78, 5) is 12.8. The van der Waals surface area contributed by atoms with Crippen molar-refractivity contribution in [2.45, 2.75) is 11.8 Å². The van der Waals surface area contributed by atoms with Gasteiger partial charge in [0.2, 0.25) is 5.91 Å². The number of phenolic OH excluding ortho intramolecular Hbond substituents is 1. The third-order valence-electron chi connectivity index (χ3n) is 5.28. The quantitative estimate of drug-likeness (QED) is 0.439. The molecule has 1 saturated carbocycles. The van der Waals surface area contributed by atoms with Crippen molar-refractivity contribution < 1.29 is 9.90 Å². The van der Waals surface area contributed by atoms with E-state index in [9.17, 15) is 9.90 Å². The fraction of sp³-hybridized carbons (Fsp3) is 0.130. The molecule has 0 saturated heterocycles. The molecule has 0 radical (unpaired) electrons. The van der Waals surface area contributed by atoms with Gasteiger partial charge in [0.25, 0.3) is 0 Å². The Hall–Kier alpha value is -2.82. The van der Waals surface area contributed by atoms with Crippen LogP contribution in [-0.4, -0.2) is 17.2 Å². The molecule has 4 nitrogen and oxygen atoms in total. The van der Waals surface area contributed by atoms with E-state index in [1.807, 2.05) is 48.5 Å². The van der Waals surface area contributed by atoms with Gasteiger partial charge >= 0.3 is 0 Å². The van der Waals surface area contributed by atoms with Crippen LogP contribution in [0.3, 0.4) is 0 Å². The zero-order valence-corrected chi connectivity index (χ0v) is 16.9. The van der Waals surface area contributed by atoms with Crippen LogP contribution in [-0.2, 0) is 10.2 Å². The Morgan fingerprint density at radius 1 is 0.931 bits per heavy atom. The van der Waals surface area contributed by atoms with Gasteiger partial charge in [0.1, 0.15) is 5.75 Å². The molecule has 0 aliphatic heterocycles. The fourth-order valence-corrected chi connectivity index (χ4v) is 3.94. The Bertz CT molecular complexity index is 1000. The monoisotopic (exact) mass is 424 g/mol. The standard InChI is InChI=1S/C23H18Cl2N2O2/c24-18-7-3-16(4-8-18)23(17-5-9-19(25)10-6-17)13-21(23)22(29)27-26-14-15-1-11-20(28)12-2-15/h1-12,14,21,28H,13H2,(H,27,29)/b26-14+/t21-/m1/s1. The van der Waals surface area contributed by atoms with E-state index < -0.39 is 5.41 Å². The van der Waals surface area contributed by atoms with Crippen molar-refractivity contribution in [3.05, 3.63) is 99.5 Å². The number of aromatic hydroxyl groups is 1. The van der Waals surface area contributed by atoms with E-state index in [1.165, 1.54) is 0 Å². The highest BCUT2D eigenvalue weighted by atomic mass is 35.5. The number of benzene rings is 3. The van der Waals surface area contributed by atoms with Gasteiger partial charge in [-0.1, -0.05) is 47.5 Å². The van der Waals surface area contributed by atoms with Crippen LogP contribution in [0.25, 0.3) is 0 Å². The first-order valence-electron chi connectivity index (χ1n) is 9.13. The minimum Gasteiger partial charge on any atom is -0.508 e. The number of hydrogen-bond donors (Lipinski definition) is 2. The SMILES string of the molecule is O=C(N/N=C/c1ccc(O)cc1)[C@H]1CC1(c1ccc(Cl)cc1)c1ccc(Cl)cc1. The first-order valence-corrected chi connectivity index (χ1v) is 9.89. The Labute approximate surface area is 178 Å². The van der Waals surface area contributed by atoms with Crippen LogP contribution >= 0.6 is 23.2 Å². The second-order valence-electron chi connectivity index (χ2n) is 7.07. The Balaban J connectivity index is 1.56. The fourth-order valence-electron chi connectivity index (χ4n) is 3.69. The van der Waals surface area contributed by atoms with Crippen LogP contribution in [0.5, 0.6) is 5.75 Å². The van der Waals surface area contributed by atoms with Crippen LogP contribution in [0, 0.1) is 5.92 Å². The molecule has 146 valence electrons. The summed E-state index contributed by atoms with van der Waals surface area (Å²) in [6.07, 6.45) is 2.23. The maximum absolute atomic E-state index is 12.8. The molecule has 0 heterocycles. The normalized spacial score (nSPS) is 17.2. The maximum atomic E-state index is 12.8. The summed E-state index contributed by atoms with van der Waals surface area (Å²) in [5.74, 6) is -0.216. The first-order chi connectivity index (χ1) is 14.0. The molecule has 3 aromatic carbocycles. The van der Waals surface area contributed by atoms with Gasteiger partial charge in [-0.3, -0.25) is 4.79 Å². The predicted molar refractivity (Wildman–Crippen MR) is 116 cm³/mol. The van der Waals surface area contributed by atoms with Gasteiger partial charge in [0.15, 0.2) is 0 Å². The lowest BCUT2D eigenvalue weighted by Gasteiger charge is -2.19. The predicted octanol–water partition coefficient (Wildman–Crippen LogP) is 5.16. The van der Waals surface area contributed by atoms with E-state index in [0.717, 1.165) is 16.7 Å². The van der Waals surface area contributed by atoms with Crippen molar-refractivity contribution in [3.8, 4) is 5.75 Å². The second-order valence-corrected chi connectivity index (χ2v) is 7.94. The van der Waals surface area contributed by atoms with Gasteiger partial charge < -0.3 is 5.11 Å². The molecule has 4 rings (SSSR count). The number of hydrogen-bond acceptors (Lipinski definition) is 3. The molecule has 6 heteroatoms. The molecule has 0 aromatic heterocycles. The molecule has 1 aliphatic carbocycles. The molecule has 2 N–H and O–H groups in total. The Morgan fingerprint density at radius 2 is 1.45 bits per heavy atom. The summed E-state index contributed by atoms with van der Waals surface area (Å²) in [6.45, 7) is 0. The summed E-state index contributed by atoms with van der Waals surface area (Å²) < 4.78 is 0. The second kappa shape index (κ2) is 7.90. The minimum absolute atomic E-state index is 0.148. The summed E-state index contributed by atoms with van der Waals surface area (Å²) in [7, 11) is 0. The summed E-state index contributed by atoms with van der Waals surface area (Å²) >= 11 is 12.1. The van der Waals surface area contributed by atoms with Gasteiger partial charge in [-0.15, -0.1) is 0 Å². The molecule has 0 unspecified atom stereocenters. The molecule has 1 atom stereocenters. The van der Waals surface area contributed by atoms with E-state index in [4.69, 9.17) is 23.2 Å². The van der Waals surface area contributed by atoms with Crippen LogP contribution in [0.15, 0.2) is 77.9 Å². The molecule has 1 aliphatic rings. The lowest BCUT2D eigenvalue weighted by atomic mass is 9.85. The van der Waals surface area contributed by atoms with Crippen molar-refractivity contribution >= 4 is 35.3 Å². The van der Waals surface area contributed by atoms with Crippen molar-refractivity contribution in [2.24, 2.45) is 11.0 Å². The number of amides is 1. The molecule has 0 spiro atoms. The van der Waals surface area contributed by atoms with Crippen molar-refractivity contribution in [1.82, 2.24) is 5.43 Å². The number of halogens is 2. The van der Waals surface area contributed by atoms with Gasteiger partial charge in [0, 0.05) is 15.5 Å². The van der Waals surface area contributed by atoms with Gasteiger partial charge in [-0.2, -0.15) is 5.10 Å². The zero-order valence-electron chi connectivity index (χ0n) is 15.3. The van der Waals surface area contributed by atoms with E-state index in [-0.39, 0.29) is 17.6 Å². The van der Waals surface area contributed by atoms with Gasteiger partial charge in [0.05, 0.1) is 12.1 Å². The number of rotatable bonds is 5. The highest BCUT2D eigenvalue weighted by Gasteiger charge is 2.60. The molecule has 29 heavy (non-hydrogen) atoms. The Kier molecular flexibility index (Phi) is 5.31. The average molecular weight is 425 g/mol. The van der Waals surface area contributed by atoms with E-state index in [0.29, 0.717) is 16.5 Å². The van der Waals surface area contributed by atoms with Crippen molar-refractivity contribution in [3.63, 3.8) is 0 Å². The minimum atomic E-state index is -0.423. The van der Waals surface area contributed by atoms with Crippen molar-refractivity contribution in [1.29, 1.82) is 0 Å².